The van der Waals surface area contributed by atoms with Crippen LogP contribution in [0, 0.1) is 5.82 Å². The van der Waals surface area contributed by atoms with Crippen LogP contribution in [-0.2, 0) is 16.6 Å². The Hall–Kier alpha value is -2.75. The minimum Gasteiger partial charge on any atom is -0.478 e. The van der Waals surface area contributed by atoms with Crippen LogP contribution in [0.3, 0.4) is 0 Å². The monoisotopic (exact) mass is 406 g/mol. The predicted molar refractivity (Wildman–Crippen MR) is 102 cm³/mol. The summed E-state index contributed by atoms with van der Waals surface area (Å²) in [4.78, 5) is 11.1. The molecule has 0 aliphatic rings. The summed E-state index contributed by atoms with van der Waals surface area (Å²) in [7, 11) is -4.20. The molecule has 27 heavy (non-hydrogen) atoms. The van der Waals surface area contributed by atoms with Gasteiger partial charge in [-0.15, -0.1) is 0 Å². The highest BCUT2D eigenvalue weighted by Crippen LogP contribution is 2.37. The van der Waals surface area contributed by atoms with E-state index in [-0.39, 0.29) is 28.3 Å². The summed E-state index contributed by atoms with van der Waals surface area (Å²) in [5.74, 6) is -1.73. The number of primary sulfonamides is 1. The van der Waals surface area contributed by atoms with Gasteiger partial charge in [0.05, 0.1) is 10.5 Å². The van der Waals surface area contributed by atoms with Crippen LogP contribution in [0.15, 0.2) is 58.1 Å². The molecule has 2 aromatic carbocycles. The molecule has 3 aromatic rings. The average molecular weight is 406 g/mol. The number of hydrogen-bond donors (Lipinski definition) is 3. The molecule has 6 nitrogen and oxygen atoms in total. The van der Waals surface area contributed by atoms with Crippen molar-refractivity contribution in [2.75, 3.05) is 5.32 Å². The lowest BCUT2D eigenvalue weighted by atomic mass is 10.0. The van der Waals surface area contributed by atoms with Crippen molar-refractivity contribution in [3.05, 3.63) is 70.2 Å². The lowest BCUT2D eigenvalue weighted by Crippen LogP contribution is -2.16. The first-order valence-electron chi connectivity index (χ1n) is 7.71. The summed E-state index contributed by atoms with van der Waals surface area (Å²) in [5.41, 5.74) is 1.17. The van der Waals surface area contributed by atoms with Crippen molar-refractivity contribution < 1.29 is 22.7 Å². The van der Waals surface area contributed by atoms with Crippen molar-refractivity contribution in [1.82, 2.24) is 0 Å². The van der Waals surface area contributed by atoms with E-state index in [0.29, 0.717) is 11.1 Å². The van der Waals surface area contributed by atoms with E-state index in [9.17, 15) is 22.7 Å². The van der Waals surface area contributed by atoms with Gasteiger partial charge in [-0.3, -0.25) is 0 Å². The number of nitrogens with two attached hydrogens (primary N) is 1. The number of sulfonamides is 1. The Morgan fingerprint density at radius 3 is 2.56 bits per heavy atom. The van der Waals surface area contributed by atoms with Gasteiger partial charge in [0.2, 0.25) is 10.0 Å². The topological polar surface area (TPSA) is 109 Å². The molecule has 0 radical (unpaired) electrons. The van der Waals surface area contributed by atoms with Crippen LogP contribution in [-0.4, -0.2) is 19.5 Å². The van der Waals surface area contributed by atoms with Crippen molar-refractivity contribution in [1.29, 1.82) is 0 Å². The van der Waals surface area contributed by atoms with Crippen molar-refractivity contribution in [3.63, 3.8) is 0 Å². The Balaban J connectivity index is 2.17. The molecule has 0 aliphatic carbocycles. The number of hydrogen-bond acceptors (Lipinski definition) is 5. The number of rotatable bonds is 6. The van der Waals surface area contributed by atoms with Crippen LogP contribution >= 0.6 is 11.3 Å². The first-order chi connectivity index (χ1) is 12.8. The van der Waals surface area contributed by atoms with Gasteiger partial charge in [-0.05, 0) is 40.6 Å². The molecule has 1 aromatic heterocycles. The maximum atomic E-state index is 13.9. The van der Waals surface area contributed by atoms with Gasteiger partial charge in [0, 0.05) is 23.4 Å². The largest absolute Gasteiger partial charge is 0.478 e. The molecular weight excluding hydrogens is 391 g/mol. The molecule has 0 amide bonds. The van der Waals surface area contributed by atoms with Crippen LogP contribution in [0.1, 0.15) is 15.9 Å². The second-order valence-corrected chi connectivity index (χ2v) is 8.01. The van der Waals surface area contributed by atoms with E-state index in [4.69, 9.17) is 5.14 Å². The maximum Gasteiger partial charge on any atom is 0.335 e. The number of thiophene rings is 1. The van der Waals surface area contributed by atoms with Crippen molar-refractivity contribution in [3.8, 4) is 11.1 Å². The molecule has 0 spiro atoms. The number of halogens is 1. The zero-order valence-corrected chi connectivity index (χ0v) is 15.5. The Bertz CT molecular complexity index is 1100. The fourth-order valence-corrected chi connectivity index (χ4v) is 4.09. The highest BCUT2D eigenvalue weighted by atomic mass is 32.2. The zero-order valence-electron chi connectivity index (χ0n) is 13.8. The third-order valence-corrected chi connectivity index (χ3v) is 5.51. The van der Waals surface area contributed by atoms with Gasteiger partial charge >= 0.3 is 5.97 Å². The molecule has 0 aliphatic heterocycles. The first kappa shape index (κ1) is 19.0. The van der Waals surface area contributed by atoms with Crippen molar-refractivity contribution >= 4 is 33.0 Å². The maximum absolute atomic E-state index is 13.9. The number of carboxylic acid groups (broad SMARTS) is 1. The van der Waals surface area contributed by atoms with Crippen LogP contribution in [0.2, 0.25) is 0 Å². The molecule has 0 fully saturated rings. The van der Waals surface area contributed by atoms with E-state index in [0.717, 1.165) is 6.07 Å². The normalized spacial score (nSPS) is 11.3. The summed E-state index contributed by atoms with van der Waals surface area (Å²) in [5, 5.41) is 21.1. The summed E-state index contributed by atoms with van der Waals surface area (Å²) in [6.45, 7) is 0.0386. The number of carboxylic acids is 1. The van der Waals surface area contributed by atoms with Gasteiger partial charge in [0.25, 0.3) is 0 Å². The van der Waals surface area contributed by atoms with E-state index in [2.05, 4.69) is 5.32 Å². The second-order valence-electron chi connectivity index (χ2n) is 5.70. The Kier molecular flexibility index (Phi) is 5.26. The highest BCUT2D eigenvalue weighted by molar-refractivity contribution is 7.89. The van der Waals surface area contributed by atoms with Crippen molar-refractivity contribution in [2.24, 2.45) is 5.14 Å². The SMILES string of the molecule is NS(=O)(=O)c1cc(C(=O)O)cc(NCc2ccccc2F)c1-c1ccsc1. The molecule has 0 saturated carbocycles. The average Bonchev–Trinajstić information content (AvgIpc) is 3.13. The summed E-state index contributed by atoms with van der Waals surface area (Å²) in [6.07, 6.45) is 0. The van der Waals surface area contributed by atoms with Crippen LogP contribution in [0.4, 0.5) is 10.1 Å². The lowest BCUT2D eigenvalue weighted by molar-refractivity contribution is 0.0696. The van der Waals surface area contributed by atoms with Crippen LogP contribution in [0.25, 0.3) is 11.1 Å². The molecular formula is C18H15FN2O4S2. The van der Waals surface area contributed by atoms with E-state index >= 15 is 0 Å². The number of benzene rings is 2. The molecule has 140 valence electrons. The van der Waals surface area contributed by atoms with Gasteiger partial charge in [-0.2, -0.15) is 11.3 Å². The fourth-order valence-electron chi connectivity index (χ4n) is 2.64. The van der Waals surface area contributed by atoms with E-state index < -0.39 is 21.8 Å². The molecule has 9 heteroatoms. The molecule has 0 atom stereocenters. The molecule has 0 unspecified atom stereocenters. The second kappa shape index (κ2) is 7.47. The van der Waals surface area contributed by atoms with Gasteiger partial charge in [-0.1, -0.05) is 18.2 Å². The summed E-state index contributed by atoms with van der Waals surface area (Å²) in [6, 6.07) is 10.1. The lowest BCUT2D eigenvalue weighted by Gasteiger charge is -2.16. The Morgan fingerprint density at radius 1 is 1.22 bits per heavy atom. The molecule has 0 bridgehead atoms. The zero-order chi connectivity index (χ0) is 19.6. The predicted octanol–water partition coefficient (Wildman–Crippen LogP) is 3.51. The van der Waals surface area contributed by atoms with E-state index in [1.165, 1.54) is 23.5 Å². The van der Waals surface area contributed by atoms with Crippen LogP contribution in [0.5, 0.6) is 0 Å². The smallest absolute Gasteiger partial charge is 0.335 e. The number of nitrogens with one attached hydrogen (secondary N) is 1. The Labute approximate surface area is 159 Å². The van der Waals surface area contributed by atoms with Crippen LogP contribution < -0.4 is 10.5 Å². The quantitative estimate of drug-likeness (QED) is 0.580. The summed E-state index contributed by atoms with van der Waals surface area (Å²) >= 11 is 1.35. The van der Waals surface area contributed by atoms with Gasteiger partial charge < -0.3 is 10.4 Å². The standard InChI is InChI=1S/C18H15FN2O4S2/c19-14-4-2-1-3-11(14)9-21-15-7-13(18(22)23)8-16(27(20,24)25)17(15)12-5-6-26-10-12/h1-8,10,21H,9H2,(H,22,23)(H2,20,24,25). The van der Waals surface area contributed by atoms with E-state index in [1.807, 2.05) is 0 Å². The van der Waals surface area contributed by atoms with Gasteiger partial charge in [-0.25, -0.2) is 22.7 Å². The molecule has 4 N–H and O–H groups in total. The van der Waals surface area contributed by atoms with Gasteiger partial charge in [0.1, 0.15) is 5.82 Å². The first-order valence-corrected chi connectivity index (χ1v) is 10.2. The fraction of sp³-hybridized carbons (Fsp3) is 0.0556. The summed E-state index contributed by atoms with van der Waals surface area (Å²) < 4.78 is 38.1. The molecule has 3 rings (SSSR count). The Morgan fingerprint density at radius 2 is 1.96 bits per heavy atom. The van der Waals surface area contributed by atoms with Gasteiger partial charge in [0.15, 0.2) is 0 Å². The number of carbonyl (C=O) groups is 1. The van der Waals surface area contributed by atoms with Crippen molar-refractivity contribution in [2.45, 2.75) is 11.4 Å². The van der Waals surface area contributed by atoms with E-state index in [1.54, 1.807) is 35.0 Å². The molecule has 0 saturated heterocycles. The minimum atomic E-state index is -4.20. The highest BCUT2D eigenvalue weighted by Gasteiger charge is 2.23. The number of aromatic carboxylic acids is 1. The third kappa shape index (κ3) is 4.16. The molecule has 1 heterocycles. The third-order valence-electron chi connectivity index (χ3n) is 3.89. The number of anilines is 1. The minimum absolute atomic E-state index is 0.0386.